The number of carbonyl (C=O) groups excluding carboxylic acids is 1. The molecule has 1 amide bonds. The lowest BCUT2D eigenvalue weighted by atomic mass is 9.96. The van der Waals surface area contributed by atoms with Crippen LogP contribution in [0.2, 0.25) is 0 Å². The Morgan fingerprint density at radius 1 is 1.16 bits per heavy atom. The zero-order chi connectivity index (χ0) is 21.6. The molecule has 0 saturated heterocycles. The van der Waals surface area contributed by atoms with Crippen molar-refractivity contribution >= 4 is 5.91 Å². The predicted octanol–water partition coefficient (Wildman–Crippen LogP) is 4.23. The van der Waals surface area contributed by atoms with Gasteiger partial charge in [0.25, 0.3) is 5.91 Å². The van der Waals surface area contributed by atoms with Crippen LogP contribution in [0.5, 0.6) is 0 Å². The SMILES string of the molecule is O=C(N[C@@H]1CCCc2oc(-c3ccnc(C4CC4)c3)nc21)c1cncc(C(F)(F)F)n1. The normalized spacial score (nSPS) is 18.5. The number of nitrogens with one attached hydrogen (secondary N) is 1. The summed E-state index contributed by atoms with van der Waals surface area (Å²) in [5.41, 5.74) is 0.826. The summed E-state index contributed by atoms with van der Waals surface area (Å²) in [7, 11) is 0. The van der Waals surface area contributed by atoms with Gasteiger partial charge in [-0.15, -0.1) is 0 Å². The van der Waals surface area contributed by atoms with Crippen LogP contribution >= 0.6 is 0 Å². The van der Waals surface area contributed by atoms with Crippen LogP contribution in [0.25, 0.3) is 11.5 Å². The summed E-state index contributed by atoms with van der Waals surface area (Å²) in [4.78, 5) is 28.5. The number of halogens is 3. The van der Waals surface area contributed by atoms with E-state index in [0.29, 0.717) is 42.3 Å². The van der Waals surface area contributed by atoms with E-state index in [1.807, 2.05) is 12.1 Å². The Hall–Kier alpha value is -3.30. The molecule has 2 aliphatic rings. The first kappa shape index (κ1) is 19.7. The number of hydrogen-bond donors (Lipinski definition) is 1. The van der Waals surface area contributed by atoms with E-state index in [1.54, 1.807) is 6.20 Å². The third-order valence-corrected chi connectivity index (χ3v) is 5.44. The van der Waals surface area contributed by atoms with Crippen molar-refractivity contribution in [2.45, 2.75) is 50.2 Å². The quantitative estimate of drug-likeness (QED) is 0.667. The van der Waals surface area contributed by atoms with Crippen LogP contribution in [0.4, 0.5) is 13.2 Å². The number of pyridine rings is 1. The first-order chi connectivity index (χ1) is 14.9. The summed E-state index contributed by atoms with van der Waals surface area (Å²) in [6, 6.07) is 3.32. The van der Waals surface area contributed by atoms with Gasteiger partial charge in [-0.1, -0.05) is 0 Å². The third-order valence-electron chi connectivity index (χ3n) is 5.44. The fourth-order valence-electron chi connectivity index (χ4n) is 3.71. The van der Waals surface area contributed by atoms with Gasteiger partial charge in [0.1, 0.15) is 17.1 Å². The molecule has 0 unspecified atom stereocenters. The molecule has 10 heteroatoms. The lowest BCUT2D eigenvalue weighted by Crippen LogP contribution is -2.32. The molecule has 0 spiro atoms. The van der Waals surface area contributed by atoms with Crippen LogP contribution in [-0.2, 0) is 12.6 Å². The maximum atomic E-state index is 12.9. The van der Waals surface area contributed by atoms with Gasteiger partial charge in [-0.05, 0) is 37.8 Å². The fraction of sp³-hybridized carbons (Fsp3) is 0.381. The molecule has 3 heterocycles. The summed E-state index contributed by atoms with van der Waals surface area (Å²) in [6.45, 7) is 0. The van der Waals surface area contributed by atoms with Gasteiger partial charge in [-0.2, -0.15) is 13.2 Å². The summed E-state index contributed by atoms with van der Waals surface area (Å²) < 4.78 is 44.6. The zero-order valence-corrected chi connectivity index (χ0v) is 16.3. The van der Waals surface area contributed by atoms with Gasteiger partial charge >= 0.3 is 6.18 Å². The second kappa shape index (κ2) is 7.44. The molecule has 0 aliphatic heterocycles. The Morgan fingerprint density at radius 3 is 2.77 bits per heavy atom. The summed E-state index contributed by atoms with van der Waals surface area (Å²) in [5.74, 6) is 0.881. The van der Waals surface area contributed by atoms with Crippen LogP contribution in [-0.4, -0.2) is 25.8 Å². The van der Waals surface area contributed by atoms with Crippen molar-refractivity contribution in [3.8, 4) is 11.5 Å². The van der Waals surface area contributed by atoms with E-state index in [4.69, 9.17) is 4.42 Å². The fourth-order valence-corrected chi connectivity index (χ4v) is 3.71. The van der Waals surface area contributed by atoms with E-state index in [2.05, 4.69) is 25.3 Å². The average Bonchev–Trinajstić information content (AvgIpc) is 3.52. The molecule has 3 aromatic heterocycles. The van der Waals surface area contributed by atoms with Crippen molar-refractivity contribution in [2.75, 3.05) is 0 Å². The molecule has 7 nitrogen and oxygen atoms in total. The first-order valence-corrected chi connectivity index (χ1v) is 10.0. The first-order valence-electron chi connectivity index (χ1n) is 10.0. The van der Waals surface area contributed by atoms with Crippen LogP contribution < -0.4 is 5.32 Å². The van der Waals surface area contributed by atoms with E-state index in [9.17, 15) is 18.0 Å². The highest BCUT2D eigenvalue weighted by atomic mass is 19.4. The molecule has 1 N–H and O–H groups in total. The maximum absolute atomic E-state index is 12.9. The highest BCUT2D eigenvalue weighted by Gasteiger charge is 2.34. The molecule has 160 valence electrons. The monoisotopic (exact) mass is 429 g/mol. The van der Waals surface area contributed by atoms with Gasteiger partial charge in [0, 0.05) is 29.8 Å². The molecule has 1 fully saturated rings. The Labute approximate surface area is 175 Å². The largest absolute Gasteiger partial charge is 0.441 e. The Kier molecular flexibility index (Phi) is 4.71. The van der Waals surface area contributed by atoms with Gasteiger partial charge in [0.15, 0.2) is 5.69 Å². The molecule has 31 heavy (non-hydrogen) atoms. The number of aromatic nitrogens is 4. The number of aryl methyl sites for hydroxylation is 1. The number of nitrogens with zero attached hydrogens (tertiary/aromatic N) is 4. The van der Waals surface area contributed by atoms with Crippen LogP contribution in [0, 0.1) is 0 Å². The van der Waals surface area contributed by atoms with Crippen molar-refractivity contribution in [3.05, 3.63) is 59.3 Å². The molecule has 0 aromatic carbocycles. The summed E-state index contributed by atoms with van der Waals surface area (Å²) >= 11 is 0. The molecular formula is C21H18F3N5O2. The van der Waals surface area contributed by atoms with E-state index in [0.717, 1.165) is 36.7 Å². The molecule has 1 atom stereocenters. The number of carbonyl (C=O) groups is 1. The Morgan fingerprint density at radius 2 is 2.00 bits per heavy atom. The van der Waals surface area contributed by atoms with Crippen molar-refractivity contribution in [1.82, 2.24) is 25.3 Å². The molecular weight excluding hydrogens is 411 g/mol. The minimum absolute atomic E-state index is 0.395. The highest BCUT2D eigenvalue weighted by Crippen LogP contribution is 2.40. The second-order valence-corrected chi connectivity index (χ2v) is 7.78. The number of hydrogen-bond acceptors (Lipinski definition) is 6. The van der Waals surface area contributed by atoms with Gasteiger partial charge in [-0.25, -0.2) is 9.97 Å². The van der Waals surface area contributed by atoms with E-state index in [1.165, 1.54) is 0 Å². The van der Waals surface area contributed by atoms with Crippen molar-refractivity contribution in [1.29, 1.82) is 0 Å². The molecule has 3 aromatic rings. The zero-order valence-electron chi connectivity index (χ0n) is 16.3. The van der Waals surface area contributed by atoms with E-state index in [-0.39, 0.29) is 0 Å². The number of rotatable bonds is 4. The lowest BCUT2D eigenvalue weighted by Gasteiger charge is -2.21. The summed E-state index contributed by atoms with van der Waals surface area (Å²) in [5, 5.41) is 2.73. The Balaban J connectivity index is 1.38. The van der Waals surface area contributed by atoms with Crippen molar-refractivity contribution < 1.29 is 22.4 Å². The summed E-state index contributed by atoms with van der Waals surface area (Å²) in [6.07, 6.45) is 2.95. The van der Waals surface area contributed by atoms with Crippen molar-refractivity contribution in [2.24, 2.45) is 0 Å². The predicted molar refractivity (Wildman–Crippen MR) is 102 cm³/mol. The van der Waals surface area contributed by atoms with Crippen LogP contribution in [0.1, 0.15) is 71.0 Å². The number of oxazole rings is 1. The molecule has 0 bridgehead atoms. The van der Waals surface area contributed by atoms with E-state index < -0.39 is 29.5 Å². The van der Waals surface area contributed by atoms with Gasteiger partial charge in [-0.3, -0.25) is 14.8 Å². The molecule has 0 radical (unpaired) electrons. The smallest absolute Gasteiger partial charge is 0.434 e. The highest BCUT2D eigenvalue weighted by molar-refractivity contribution is 5.92. The number of fused-ring (bicyclic) bond motifs is 1. The minimum atomic E-state index is -4.67. The molecule has 5 rings (SSSR count). The molecule has 2 aliphatic carbocycles. The van der Waals surface area contributed by atoms with Gasteiger partial charge in [0.05, 0.1) is 18.4 Å². The van der Waals surface area contributed by atoms with Crippen LogP contribution in [0.15, 0.2) is 35.1 Å². The Bertz CT molecular complexity index is 1140. The number of amides is 1. The van der Waals surface area contributed by atoms with E-state index >= 15 is 0 Å². The average molecular weight is 429 g/mol. The lowest BCUT2D eigenvalue weighted by molar-refractivity contribution is -0.141. The standard InChI is InChI=1S/C21H18F3N5O2/c22-21(23,24)17-10-25-9-15(27-17)19(30)28-13-2-1-3-16-18(13)29-20(31-16)12-6-7-26-14(8-12)11-4-5-11/h6-11,13H,1-5H2,(H,28,30)/t13-/m1/s1. The minimum Gasteiger partial charge on any atom is -0.441 e. The second-order valence-electron chi connectivity index (χ2n) is 7.78. The maximum Gasteiger partial charge on any atom is 0.434 e. The topological polar surface area (TPSA) is 93.8 Å². The van der Waals surface area contributed by atoms with Gasteiger partial charge < -0.3 is 9.73 Å². The third kappa shape index (κ3) is 4.01. The van der Waals surface area contributed by atoms with Crippen molar-refractivity contribution in [3.63, 3.8) is 0 Å². The number of alkyl halides is 3. The van der Waals surface area contributed by atoms with Crippen LogP contribution in [0.3, 0.4) is 0 Å². The molecule has 1 saturated carbocycles. The van der Waals surface area contributed by atoms with Gasteiger partial charge in [0.2, 0.25) is 5.89 Å².